The second-order valence-corrected chi connectivity index (χ2v) is 5.36. The van der Waals surface area contributed by atoms with Gasteiger partial charge < -0.3 is 9.84 Å². The molecule has 3 rings (SSSR count). The van der Waals surface area contributed by atoms with E-state index in [1.165, 1.54) is 27.5 Å². The van der Waals surface area contributed by atoms with Crippen molar-refractivity contribution in [1.82, 2.24) is 5.16 Å². The minimum absolute atomic E-state index is 0.858. The number of fused-ring (bicyclic) bond motifs is 1. The molecule has 1 aliphatic heterocycles. The highest BCUT2D eigenvalue weighted by atomic mass is 127. The van der Waals surface area contributed by atoms with Crippen molar-refractivity contribution < 1.29 is 4.52 Å². The minimum atomic E-state index is 0.858. The highest BCUT2D eigenvalue weighted by molar-refractivity contribution is 14.1. The van der Waals surface area contributed by atoms with Gasteiger partial charge in [0.05, 0.1) is 0 Å². The molecular formula is C13H13IN2O. The molecule has 0 atom stereocenters. The largest absolute Gasteiger partial charge is 0.354 e. The molecule has 0 aliphatic carbocycles. The van der Waals surface area contributed by atoms with Crippen molar-refractivity contribution >= 4 is 28.5 Å². The molecule has 88 valence electrons. The molecule has 1 aliphatic rings. The Morgan fingerprint density at radius 2 is 2.12 bits per heavy atom. The third kappa shape index (κ3) is 2.06. The first-order valence-electron chi connectivity index (χ1n) is 5.83. The monoisotopic (exact) mass is 340 g/mol. The van der Waals surface area contributed by atoms with Crippen LogP contribution in [-0.4, -0.2) is 11.7 Å². The molecule has 4 heteroatoms. The Morgan fingerprint density at radius 3 is 3.00 bits per heavy atom. The van der Waals surface area contributed by atoms with Crippen molar-refractivity contribution in [2.75, 3.05) is 11.9 Å². The molecule has 0 saturated carbocycles. The van der Waals surface area contributed by atoms with Crippen LogP contribution in [0.15, 0.2) is 28.8 Å². The van der Waals surface area contributed by atoms with E-state index in [-0.39, 0.29) is 0 Å². The molecule has 0 radical (unpaired) electrons. The maximum absolute atomic E-state index is 5.41. The van der Waals surface area contributed by atoms with Gasteiger partial charge in [-0.1, -0.05) is 23.4 Å². The van der Waals surface area contributed by atoms with Gasteiger partial charge in [0.25, 0.3) is 0 Å². The third-order valence-corrected chi connectivity index (χ3v) is 4.00. The first kappa shape index (κ1) is 11.1. The third-order valence-electron chi connectivity index (χ3n) is 3.06. The van der Waals surface area contributed by atoms with Crippen LogP contribution in [0.3, 0.4) is 0 Å². The van der Waals surface area contributed by atoms with E-state index in [1.807, 2.05) is 12.1 Å². The van der Waals surface area contributed by atoms with Gasteiger partial charge in [-0.05, 0) is 47.9 Å². The van der Waals surface area contributed by atoms with Crippen LogP contribution >= 0.6 is 22.6 Å². The molecule has 3 nitrogen and oxygen atoms in total. The zero-order valence-electron chi connectivity index (χ0n) is 9.37. The molecule has 2 heterocycles. The Hall–Kier alpha value is -1.04. The van der Waals surface area contributed by atoms with E-state index < -0.39 is 0 Å². The number of hydrogen-bond acceptors (Lipinski definition) is 3. The number of benzene rings is 1. The number of rotatable bonds is 1. The van der Waals surface area contributed by atoms with Gasteiger partial charge in [0, 0.05) is 21.2 Å². The van der Waals surface area contributed by atoms with Gasteiger partial charge in [-0.3, -0.25) is 0 Å². The maximum Gasteiger partial charge on any atom is 0.228 e. The molecular weight excluding hydrogens is 327 g/mol. The van der Waals surface area contributed by atoms with Crippen LogP contribution in [-0.2, 0) is 6.42 Å². The van der Waals surface area contributed by atoms with Gasteiger partial charge in [0.15, 0.2) is 0 Å². The van der Waals surface area contributed by atoms with Crippen molar-refractivity contribution in [3.63, 3.8) is 0 Å². The van der Waals surface area contributed by atoms with Crippen molar-refractivity contribution in [3.8, 4) is 11.3 Å². The summed E-state index contributed by atoms with van der Waals surface area (Å²) >= 11 is 2.34. The standard InChI is InChI=1S/C13H13IN2O/c14-11-7-2-1-5-9(11)12-10-6-3-4-8-15-13(10)17-16-12/h1-2,5,7,15H,3-4,6,8H2. The highest BCUT2D eigenvalue weighted by Crippen LogP contribution is 2.33. The smallest absolute Gasteiger partial charge is 0.228 e. The first-order valence-corrected chi connectivity index (χ1v) is 6.91. The molecule has 0 unspecified atom stereocenters. The molecule has 1 N–H and O–H groups in total. The molecule has 17 heavy (non-hydrogen) atoms. The van der Waals surface area contributed by atoms with E-state index in [0.29, 0.717) is 0 Å². The fourth-order valence-corrected chi connectivity index (χ4v) is 2.82. The molecule has 1 aromatic heterocycles. The van der Waals surface area contributed by atoms with Crippen LogP contribution in [0.25, 0.3) is 11.3 Å². The summed E-state index contributed by atoms with van der Waals surface area (Å²) in [5.74, 6) is 0.858. The van der Waals surface area contributed by atoms with Gasteiger partial charge >= 0.3 is 0 Å². The summed E-state index contributed by atoms with van der Waals surface area (Å²) in [5, 5.41) is 7.53. The lowest BCUT2D eigenvalue weighted by molar-refractivity contribution is 0.434. The van der Waals surface area contributed by atoms with Crippen molar-refractivity contribution in [3.05, 3.63) is 33.4 Å². The lowest BCUT2D eigenvalue weighted by Gasteiger charge is -2.02. The Kier molecular flexibility index (Phi) is 3.05. The van der Waals surface area contributed by atoms with Gasteiger partial charge in [-0.15, -0.1) is 0 Å². The molecule has 0 amide bonds. The van der Waals surface area contributed by atoms with Crippen molar-refractivity contribution in [1.29, 1.82) is 0 Å². The summed E-state index contributed by atoms with van der Waals surface area (Å²) in [6, 6.07) is 8.29. The zero-order valence-corrected chi connectivity index (χ0v) is 11.5. The zero-order chi connectivity index (χ0) is 11.7. The van der Waals surface area contributed by atoms with Crippen LogP contribution < -0.4 is 5.32 Å². The lowest BCUT2D eigenvalue weighted by Crippen LogP contribution is -1.97. The SMILES string of the molecule is Ic1ccccc1-c1noc2c1CCCCN2. The topological polar surface area (TPSA) is 38.1 Å². The summed E-state index contributed by atoms with van der Waals surface area (Å²) in [4.78, 5) is 0. The number of hydrogen-bond donors (Lipinski definition) is 1. The average molecular weight is 340 g/mol. The maximum atomic E-state index is 5.41. The van der Waals surface area contributed by atoms with Crippen LogP contribution in [0.1, 0.15) is 18.4 Å². The summed E-state index contributed by atoms with van der Waals surface area (Å²) in [5.41, 5.74) is 3.40. The predicted molar refractivity (Wildman–Crippen MR) is 76.1 cm³/mol. The van der Waals surface area contributed by atoms with E-state index in [1.54, 1.807) is 0 Å². The normalized spacial score (nSPS) is 14.9. The number of nitrogens with zero attached hydrogens (tertiary/aromatic N) is 1. The van der Waals surface area contributed by atoms with Crippen LogP contribution in [0, 0.1) is 3.57 Å². The fourth-order valence-electron chi connectivity index (χ4n) is 2.17. The van der Waals surface area contributed by atoms with E-state index in [0.717, 1.165) is 24.5 Å². The van der Waals surface area contributed by atoms with E-state index >= 15 is 0 Å². The molecule has 1 aromatic carbocycles. The second-order valence-electron chi connectivity index (χ2n) is 4.20. The van der Waals surface area contributed by atoms with Crippen molar-refractivity contribution in [2.24, 2.45) is 0 Å². The summed E-state index contributed by atoms with van der Waals surface area (Å²) in [7, 11) is 0. The number of nitrogens with one attached hydrogen (secondary N) is 1. The number of halogens is 1. The Balaban J connectivity index is 2.10. The summed E-state index contributed by atoms with van der Waals surface area (Å²) in [6.07, 6.45) is 3.43. The second kappa shape index (κ2) is 4.68. The van der Waals surface area contributed by atoms with E-state index in [2.05, 4.69) is 45.2 Å². The first-order chi connectivity index (χ1) is 8.36. The highest BCUT2D eigenvalue weighted by Gasteiger charge is 2.20. The number of anilines is 1. The summed E-state index contributed by atoms with van der Waals surface area (Å²) in [6.45, 7) is 0.980. The number of aromatic nitrogens is 1. The predicted octanol–water partition coefficient (Wildman–Crippen LogP) is 3.69. The Bertz CT molecular complexity index is 536. The van der Waals surface area contributed by atoms with Gasteiger partial charge in [0.1, 0.15) is 5.69 Å². The molecule has 0 saturated heterocycles. The Labute approximate surface area is 114 Å². The lowest BCUT2D eigenvalue weighted by atomic mass is 10.0. The van der Waals surface area contributed by atoms with E-state index in [9.17, 15) is 0 Å². The quantitative estimate of drug-likeness (QED) is 0.805. The average Bonchev–Trinajstić information content (AvgIpc) is 2.59. The molecule has 0 spiro atoms. The van der Waals surface area contributed by atoms with Crippen molar-refractivity contribution in [2.45, 2.75) is 19.3 Å². The van der Waals surface area contributed by atoms with Gasteiger partial charge in [-0.25, -0.2) is 0 Å². The van der Waals surface area contributed by atoms with Gasteiger partial charge in [-0.2, -0.15) is 0 Å². The minimum Gasteiger partial charge on any atom is -0.354 e. The van der Waals surface area contributed by atoms with Gasteiger partial charge in [0.2, 0.25) is 5.88 Å². The van der Waals surface area contributed by atoms with Crippen LogP contribution in [0.4, 0.5) is 5.88 Å². The van der Waals surface area contributed by atoms with E-state index in [4.69, 9.17) is 4.52 Å². The molecule has 2 aromatic rings. The summed E-state index contributed by atoms with van der Waals surface area (Å²) < 4.78 is 6.63. The molecule has 0 fully saturated rings. The fraction of sp³-hybridized carbons (Fsp3) is 0.308. The Morgan fingerprint density at radius 1 is 1.24 bits per heavy atom. The molecule has 0 bridgehead atoms. The van der Waals surface area contributed by atoms with Crippen LogP contribution in [0.2, 0.25) is 0 Å². The van der Waals surface area contributed by atoms with Crippen LogP contribution in [0.5, 0.6) is 0 Å².